The Morgan fingerprint density at radius 1 is 1.42 bits per heavy atom. The maximum atomic E-state index is 12.0. The summed E-state index contributed by atoms with van der Waals surface area (Å²) in [5, 5.41) is 19.3. The molecule has 0 fully saturated rings. The molecule has 132 valence electrons. The van der Waals surface area contributed by atoms with Crippen molar-refractivity contribution in [3.05, 3.63) is 23.3 Å². The molecule has 0 saturated heterocycles. The Kier molecular flexibility index (Phi) is 6.84. The van der Waals surface area contributed by atoms with Gasteiger partial charge in [-0.3, -0.25) is 9.89 Å². The first-order valence-electron chi connectivity index (χ1n) is 8.33. The predicted molar refractivity (Wildman–Crippen MR) is 95.3 cm³/mol. The van der Waals surface area contributed by atoms with Crippen LogP contribution in [-0.4, -0.2) is 43.7 Å². The standard InChI is InChI=1S/C16H26N6OS/c1-5-12-9-13(19-18-12)15(23)17-8-6-7-14-20-21-16(24-4)22(14)10-11(2)3/h9,11H,5-8,10H2,1-4H3,(H,17,23)(H,18,19). The molecule has 2 aromatic rings. The van der Waals surface area contributed by atoms with Gasteiger partial charge in [-0.25, -0.2) is 0 Å². The van der Waals surface area contributed by atoms with Gasteiger partial charge < -0.3 is 9.88 Å². The fraction of sp³-hybridized carbons (Fsp3) is 0.625. The van der Waals surface area contributed by atoms with Gasteiger partial charge in [0.05, 0.1) is 0 Å². The number of aromatic nitrogens is 5. The zero-order chi connectivity index (χ0) is 17.5. The monoisotopic (exact) mass is 350 g/mol. The summed E-state index contributed by atoms with van der Waals surface area (Å²) in [6, 6.07) is 1.79. The van der Waals surface area contributed by atoms with Gasteiger partial charge in [0, 0.05) is 25.2 Å². The van der Waals surface area contributed by atoms with Gasteiger partial charge in [-0.15, -0.1) is 10.2 Å². The van der Waals surface area contributed by atoms with E-state index in [1.807, 2.05) is 13.2 Å². The lowest BCUT2D eigenvalue weighted by Gasteiger charge is -2.11. The summed E-state index contributed by atoms with van der Waals surface area (Å²) < 4.78 is 2.18. The van der Waals surface area contributed by atoms with E-state index in [0.29, 0.717) is 18.2 Å². The molecule has 0 unspecified atom stereocenters. The Morgan fingerprint density at radius 3 is 2.83 bits per heavy atom. The lowest BCUT2D eigenvalue weighted by atomic mass is 10.2. The molecule has 0 aromatic carbocycles. The minimum atomic E-state index is -0.139. The number of hydrogen-bond donors (Lipinski definition) is 2. The molecule has 1 amide bonds. The first-order valence-corrected chi connectivity index (χ1v) is 9.56. The first kappa shape index (κ1) is 18.5. The highest BCUT2D eigenvalue weighted by Crippen LogP contribution is 2.16. The predicted octanol–water partition coefficient (Wildman–Crippen LogP) is 2.30. The van der Waals surface area contributed by atoms with Crippen LogP contribution in [0, 0.1) is 5.92 Å². The van der Waals surface area contributed by atoms with Gasteiger partial charge >= 0.3 is 0 Å². The van der Waals surface area contributed by atoms with Crippen molar-refractivity contribution in [2.45, 2.75) is 51.7 Å². The van der Waals surface area contributed by atoms with E-state index in [9.17, 15) is 4.79 Å². The Bertz CT molecular complexity index is 663. The number of H-pyrrole nitrogens is 1. The van der Waals surface area contributed by atoms with Crippen molar-refractivity contribution in [2.75, 3.05) is 12.8 Å². The Morgan fingerprint density at radius 2 is 2.21 bits per heavy atom. The molecule has 2 aromatic heterocycles. The van der Waals surface area contributed by atoms with Crippen LogP contribution in [0.1, 0.15) is 49.2 Å². The normalized spacial score (nSPS) is 11.2. The van der Waals surface area contributed by atoms with Crippen LogP contribution in [0.4, 0.5) is 0 Å². The zero-order valence-corrected chi connectivity index (χ0v) is 15.6. The van der Waals surface area contributed by atoms with Crippen molar-refractivity contribution >= 4 is 17.7 Å². The van der Waals surface area contributed by atoms with Gasteiger partial charge in [0.1, 0.15) is 11.5 Å². The third-order valence-corrected chi connectivity index (χ3v) is 4.30. The number of amides is 1. The van der Waals surface area contributed by atoms with E-state index in [1.54, 1.807) is 17.8 Å². The Hall–Kier alpha value is -1.83. The summed E-state index contributed by atoms with van der Waals surface area (Å²) in [6.45, 7) is 7.89. The summed E-state index contributed by atoms with van der Waals surface area (Å²) >= 11 is 1.61. The van der Waals surface area contributed by atoms with Crippen molar-refractivity contribution in [1.82, 2.24) is 30.3 Å². The lowest BCUT2D eigenvalue weighted by molar-refractivity contribution is 0.0948. The second-order valence-electron chi connectivity index (χ2n) is 6.10. The minimum Gasteiger partial charge on any atom is -0.351 e. The number of nitrogens with one attached hydrogen (secondary N) is 2. The smallest absolute Gasteiger partial charge is 0.271 e. The molecule has 2 heterocycles. The number of carbonyl (C=O) groups is 1. The summed E-state index contributed by atoms with van der Waals surface area (Å²) in [5.41, 5.74) is 1.41. The molecular formula is C16H26N6OS. The fourth-order valence-corrected chi connectivity index (χ4v) is 2.92. The number of rotatable bonds is 9. The number of thioether (sulfide) groups is 1. The van der Waals surface area contributed by atoms with Crippen LogP contribution in [0.5, 0.6) is 0 Å². The summed E-state index contributed by atoms with van der Waals surface area (Å²) in [6.07, 6.45) is 4.46. The van der Waals surface area contributed by atoms with Gasteiger partial charge in [0.2, 0.25) is 0 Å². The summed E-state index contributed by atoms with van der Waals surface area (Å²) in [5.74, 6) is 1.38. The Labute approximate surface area is 147 Å². The zero-order valence-electron chi connectivity index (χ0n) is 14.8. The molecule has 0 bridgehead atoms. The highest BCUT2D eigenvalue weighted by atomic mass is 32.2. The molecule has 0 aliphatic rings. The van der Waals surface area contributed by atoms with Crippen LogP contribution < -0.4 is 5.32 Å². The molecule has 2 rings (SSSR count). The number of carbonyl (C=O) groups excluding carboxylic acids is 1. The Balaban J connectivity index is 1.83. The molecule has 2 N–H and O–H groups in total. The van der Waals surface area contributed by atoms with Crippen LogP contribution in [0.25, 0.3) is 0 Å². The molecule has 7 nitrogen and oxygen atoms in total. The highest BCUT2D eigenvalue weighted by Gasteiger charge is 2.13. The quantitative estimate of drug-likeness (QED) is 0.535. The molecular weight excluding hydrogens is 324 g/mol. The molecule has 0 radical (unpaired) electrons. The van der Waals surface area contributed by atoms with E-state index in [1.165, 1.54) is 0 Å². The topological polar surface area (TPSA) is 88.5 Å². The fourth-order valence-electron chi connectivity index (χ4n) is 2.40. The number of nitrogens with zero attached hydrogens (tertiary/aromatic N) is 4. The van der Waals surface area contributed by atoms with Crippen LogP contribution in [-0.2, 0) is 19.4 Å². The average molecular weight is 350 g/mol. The molecule has 0 aliphatic heterocycles. The van der Waals surface area contributed by atoms with Crippen LogP contribution >= 0.6 is 11.8 Å². The van der Waals surface area contributed by atoms with E-state index in [0.717, 1.165) is 42.5 Å². The summed E-state index contributed by atoms with van der Waals surface area (Å²) in [4.78, 5) is 12.0. The first-order chi connectivity index (χ1) is 11.5. The molecule has 0 spiro atoms. The molecule has 0 aliphatic carbocycles. The maximum absolute atomic E-state index is 12.0. The third kappa shape index (κ3) is 4.83. The molecule has 0 saturated carbocycles. The van der Waals surface area contributed by atoms with Gasteiger partial charge in [-0.2, -0.15) is 5.10 Å². The SMILES string of the molecule is CCc1cc(C(=O)NCCCc2nnc(SC)n2CC(C)C)n[nH]1. The second kappa shape index (κ2) is 8.86. The van der Waals surface area contributed by atoms with E-state index >= 15 is 0 Å². The largest absolute Gasteiger partial charge is 0.351 e. The molecule has 0 atom stereocenters. The number of hydrogen-bond acceptors (Lipinski definition) is 5. The van der Waals surface area contributed by atoms with Gasteiger partial charge in [0.25, 0.3) is 5.91 Å². The van der Waals surface area contributed by atoms with Crippen molar-refractivity contribution < 1.29 is 4.79 Å². The van der Waals surface area contributed by atoms with E-state index in [-0.39, 0.29) is 5.91 Å². The van der Waals surface area contributed by atoms with Crippen LogP contribution in [0.3, 0.4) is 0 Å². The third-order valence-electron chi connectivity index (χ3n) is 3.63. The van der Waals surface area contributed by atoms with Crippen molar-refractivity contribution in [1.29, 1.82) is 0 Å². The second-order valence-corrected chi connectivity index (χ2v) is 6.87. The van der Waals surface area contributed by atoms with E-state index in [2.05, 4.69) is 44.1 Å². The average Bonchev–Trinajstić information content (AvgIpc) is 3.18. The van der Waals surface area contributed by atoms with Crippen molar-refractivity contribution in [3.8, 4) is 0 Å². The lowest BCUT2D eigenvalue weighted by Crippen LogP contribution is -2.25. The number of aryl methyl sites for hydroxylation is 2. The van der Waals surface area contributed by atoms with Crippen LogP contribution in [0.15, 0.2) is 11.2 Å². The van der Waals surface area contributed by atoms with Gasteiger partial charge in [0.15, 0.2) is 5.16 Å². The summed E-state index contributed by atoms with van der Waals surface area (Å²) in [7, 11) is 0. The van der Waals surface area contributed by atoms with Crippen LogP contribution in [0.2, 0.25) is 0 Å². The van der Waals surface area contributed by atoms with E-state index < -0.39 is 0 Å². The number of aromatic amines is 1. The van der Waals surface area contributed by atoms with Crippen molar-refractivity contribution in [2.24, 2.45) is 5.92 Å². The molecule has 24 heavy (non-hydrogen) atoms. The highest BCUT2D eigenvalue weighted by molar-refractivity contribution is 7.98. The minimum absolute atomic E-state index is 0.139. The van der Waals surface area contributed by atoms with Gasteiger partial charge in [-0.05, 0) is 31.1 Å². The molecule has 8 heteroatoms. The maximum Gasteiger partial charge on any atom is 0.271 e. The van der Waals surface area contributed by atoms with Crippen molar-refractivity contribution in [3.63, 3.8) is 0 Å². The van der Waals surface area contributed by atoms with E-state index in [4.69, 9.17) is 0 Å². The van der Waals surface area contributed by atoms with Gasteiger partial charge in [-0.1, -0.05) is 32.5 Å².